The van der Waals surface area contributed by atoms with Crippen LogP contribution in [0.15, 0.2) is 69.9 Å². The molecule has 0 aliphatic heterocycles. The third-order valence-corrected chi connectivity index (χ3v) is 5.24. The highest BCUT2D eigenvalue weighted by atomic mass is 35.5. The molecule has 158 valence electrons. The van der Waals surface area contributed by atoms with E-state index in [9.17, 15) is 4.79 Å². The zero-order valence-corrected chi connectivity index (χ0v) is 18.2. The van der Waals surface area contributed by atoms with Crippen LogP contribution in [0, 0.1) is 6.92 Å². The molecule has 4 aromatic rings. The van der Waals surface area contributed by atoms with Crippen molar-refractivity contribution >= 4 is 22.6 Å². The first kappa shape index (κ1) is 20.8. The Kier molecular flexibility index (Phi) is 5.87. The Morgan fingerprint density at radius 3 is 2.48 bits per heavy atom. The number of halogens is 1. The minimum Gasteiger partial charge on any atom is -0.493 e. The Labute approximate surface area is 184 Å². The first-order chi connectivity index (χ1) is 15.0. The Bertz CT molecular complexity index is 1310. The Hall–Kier alpha value is -3.44. The van der Waals surface area contributed by atoms with Crippen LogP contribution >= 0.6 is 11.6 Å². The average molecular weight is 437 g/mol. The number of ether oxygens (including phenoxy) is 3. The molecule has 0 N–H and O–H groups in total. The molecule has 0 spiro atoms. The third-order valence-electron chi connectivity index (χ3n) is 5.01. The molecule has 4 rings (SSSR count). The van der Waals surface area contributed by atoms with Crippen LogP contribution < -0.4 is 19.6 Å². The monoisotopic (exact) mass is 436 g/mol. The van der Waals surface area contributed by atoms with E-state index in [4.69, 9.17) is 30.2 Å². The molecule has 31 heavy (non-hydrogen) atoms. The van der Waals surface area contributed by atoms with Gasteiger partial charge in [-0.15, -0.1) is 0 Å². The van der Waals surface area contributed by atoms with Gasteiger partial charge in [0.25, 0.3) is 0 Å². The summed E-state index contributed by atoms with van der Waals surface area (Å²) in [7, 11) is 3.13. The molecule has 1 aromatic heterocycles. The zero-order valence-electron chi connectivity index (χ0n) is 17.4. The highest BCUT2D eigenvalue weighted by Gasteiger charge is 2.16. The Morgan fingerprint density at radius 2 is 1.74 bits per heavy atom. The second-order valence-electron chi connectivity index (χ2n) is 7.01. The van der Waals surface area contributed by atoms with Gasteiger partial charge in [-0.25, -0.2) is 0 Å². The summed E-state index contributed by atoms with van der Waals surface area (Å²) in [4.78, 5) is 13.2. The van der Waals surface area contributed by atoms with Crippen LogP contribution in [0.25, 0.3) is 22.1 Å². The largest absolute Gasteiger partial charge is 0.493 e. The van der Waals surface area contributed by atoms with Crippen LogP contribution in [0.2, 0.25) is 5.02 Å². The predicted molar refractivity (Wildman–Crippen MR) is 122 cm³/mol. The van der Waals surface area contributed by atoms with Gasteiger partial charge in [-0.2, -0.15) is 0 Å². The number of aryl methyl sites for hydroxylation is 1. The van der Waals surface area contributed by atoms with Gasteiger partial charge in [0.2, 0.25) is 5.43 Å². The maximum atomic E-state index is 13.2. The topological polar surface area (TPSA) is 57.9 Å². The highest BCUT2D eigenvalue weighted by Crippen LogP contribution is 2.33. The van der Waals surface area contributed by atoms with Gasteiger partial charge in [0.1, 0.15) is 23.7 Å². The molecule has 0 radical (unpaired) electrons. The fourth-order valence-corrected chi connectivity index (χ4v) is 3.71. The summed E-state index contributed by atoms with van der Waals surface area (Å²) in [6.07, 6.45) is 0. The molecule has 0 aliphatic rings. The second kappa shape index (κ2) is 8.74. The van der Waals surface area contributed by atoms with Crippen molar-refractivity contribution in [2.75, 3.05) is 14.2 Å². The lowest BCUT2D eigenvalue weighted by Crippen LogP contribution is -2.08. The van der Waals surface area contributed by atoms with Gasteiger partial charge in [-0.1, -0.05) is 29.8 Å². The molecule has 6 heteroatoms. The van der Waals surface area contributed by atoms with Crippen molar-refractivity contribution < 1.29 is 18.6 Å². The van der Waals surface area contributed by atoms with E-state index in [1.165, 1.54) is 0 Å². The van der Waals surface area contributed by atoms with Crippen LogP contribution in [-0.2, 0) is 6.61 Å². The number of rotatable bonds is 6. The van der Waals surface area contributed by atoms with E-state index in [2.05, 4.69) is 0 Å². The smallest absolute Gasteiger partial charge is 0.200 e. The molecular weight excluding hydrogens is 416 g/mol. The molecule has 5 nitrogen and oxygen atoms in total. The van der Waals surface area contributed by atoms with Gasteiger partial charge in [-0.3, -0.25) is 4.79 Å². The van der Waals surface area contributed by atoms with E-state index in [1.807, 2.05) is 30.3 Å². The van der Waals surface area contributed by atoms with Gasteiger partial charge in [-0.05, 0) is 54.4 Å². The van der Waals surface area contributed by atoms with Crippen molar-refractivity contribution in [1.29, 1.82) is 0 Å². The van der Waals surface area contributed by atoms with E-state index in [1.54, 1.807) is 51.5 Å². The van der Waals surface area contributed by atoms with Crippen LogP contribution in [-0.4, -0.2) is 14.2 Å². The fourth-order valence-electron chi connectivity index (χ4n) is 3.49. The summed E-state index contributed by atoms with van der Waals surface area (Å²) in [6.45, 7) is 2.13. The van der Waals surface area contributed by atoms with Crippen LogP contribution in [0.3, 0.4) is 0 Å². The number of methoxy groups -OCH3 is 2. The standard InChI is InChI=1S/C25H21ClO5/c1-15-24(17-7-10-21(28-2)23(12-17)29-3)25(27)20-9-8-19(13-22(20)31-15)30-14-16-5-4-6-18(26)11-16/h4-13H,14H2,1-3H3. The minimum absolute atomic E-state index is 0.118. The van der Waals surface area contributed by atoms with E-state index < -0.39 is 0 Å². The fraction of sp³-hybridized carbons (Fsp3) is 0.160. The summed E-state index contributed by atoms with van der Waals surface area (Å²) in [5.41, 5.74) is 2.49. The lowest BCUT2D eigenvalue weighted by molar-refractivity contribution is 0.306. The number of fused-ring (bicyclic) bond motifs is 1. The van der Waals surface area contributed by atoms with Crippen LogP contribution in [0.5, 0.6) is 17.2 Å². The van der Waals surface area contributed by atoms with Crippen molar-refractivity contribution in [3.63, 3.8) is 0 Å². The van der Waals surface area contributed by atoms with Gasteiger partial charge in [0.05, 0.1) is 25.2 Å². The van der Waals surface area contributed by atoms with Gasteiger partial charge < -0.3 is 18.6 Å². The van der Waals surface area contributed by atoms with Crippen molar-refractivity contribution in [3.8, 4) is 28.4 Å². The third kappa shape index (κ3) is 4.23. The summed E-state index contributed by atoms with van der Waals surface area (Å²) < 4.78 is 22.5. The SMILES string of the molecule is COc1ccc(-c2c(C)oc3cc(OCc4cccc(Cl)c4)ccc3c2=O)cc1OC. The molecule has 0 amide bonds. The molecule has 0 saturated carbocycles. The van der Waals surface area contributed by atoms with Crippen molar-refractivity contribution in [2.24, 2.45) is 0 Å². The maximum absolute atomic E-state index is 13.2. The van der Waals surface area contributed by atoms with E-state index in [0.717, 1.165) is 5.56 Å². The highest BCUT2D eigenvalue weighted by molar-refractivity contribution is 6.30. The normalized spacial score (nSPS) is 10.8. The molecule has 0 aliphatic carbocycles. The number of hydrogen-bond acceptors (Lipinski definition) is 5. The molecular formula is C25H21ClO5. The van der Waals surface area contributed by atoms with Gasteiger partial charge >= 0.3 is 0 Å². The minimum atomic E-state index is -0.118. The zero-order chi connectivity index (χ0) is 22.0. The maximum Gasteiger partial charge on any atom is 0.200 e. The first-order valence-electron chi connectivity index (χ1n) is 9.67. The molecule has 0 bridgehead atoms. The van der Waals surface area contributed by atoms with Gasteiger partial charge in [0.15, 0.2) is 11.5 Å². The van der Waals surface area contributed by atoms with E-state index >= 15 is 0 Å². The number of hydrogen-bond donors (Lipinski definition) is 0. The lowest BCUT2D eigenvalue weighted by Gasteiger charge is -2.12. The van der Waals surface area contributed by atoms with Crippen molar-refractivity contribution in [2.45, 2.75) is 13.5 Å². The number of benzene rings is 3. The van der Waals surface area contributed by atoms with Crippen LogP contribution in [0.1, 0.15) is 11.3 Å². The summed E-state index contributed by atoms with van der Waals surface area (Å²) in [6, 6.07) is 18.0. The molecule has 0 saturated heterocycles. The Balaban J connectivity index is 1.69. The van der Waals surface area contributed by atoms with E-state index in [0.29, 0.717) is 56.7 Å². The molecule has 3 aromatic carbocycles. The summed E-state index contributed by atoms with van der Waals surface area (Å²) >= 11 is 6.02. The second-order valence-corrected chi connectivity index (χ2v) is 7.45. The van der Waals surface area contributed by atoms with Crippen molar-refractivity contribution in [3.05, 3.63) is 87.2 Å². The average Bonchev–Trinajstić information content (AvgIpc) is 2.77. The molecule has 0 unspecified atom stereocenters. The Morgan fingerprint density at radius 1 is 0.935 bits per heavy atom. The molecule has 1 heterocycles. The quantitative estimate of drug-likeness (QED) is 0.370. The first-order valence-corrected chi connectivity index (χ1v) is 10.0. The van der Waals surface area contributed by atoms with Gasteiger partial charge in [0, 0.05) is 11.1 Å². The summed E-state index contributed by atoms with van der Waals surface area (Å²) in [5, 5.41) is 1.13. The molecule has 0 fully saturated rings. The molecule has 0 atom stereocenters. The van der Waals surface area contributed by atoms with Crippen LogP contribution in [0.4, 0.5) is 0 Å². The summed E-state index contributed by atoms with van der Waals surface area (Å²) in [5.74, 6) is 2.25. The predicted octanol–water partition coefficient (Wildman–Crippen LogP) is 6.02. The lowest BCUT2D eigenvalue weighted by atomic mass is 10.0. The van der Waals surface area contributed by atoms with E-state index in [-0.39, 0.29) is 5.43 Å². The van der Waals surface area contributed by atoms with Crippen molar-refractivity contribution in [1.82, 2.24) is 0 Å².